The minimum absolute atomic E-state index is 0.0333. The van der Waals surface area contributed by atoms with Gasteiger partial charge in [0.2, 0.25) is 11.8 Å². The molecule has 2 rings (SSSR count). The van der Waals surface area contributed by atoms with E-state index in [2.05, 4.69) is 20.0 Å². The van der Waals surface area contributed by atoms with Crippen LogP contribution in [0, 0.1) is 5.92 Å². The van der Waals surface area contributed by atoms with Gasteiger partial charge < -0.3 is 9.84 Å². The molecular weight excluding hydrogens is 277 g/mol. The molecule has 1 atom stereocenters. The lowest BCUT2D eigenvalue weighted by molar-refractivity contribution is -0.146. The molecule has 0 spiro atoms. The van der Waals surface area contributed by atoms with E-state index in [-0.39, 0.29) is 24.3 Å². The molecule has 1 saturated heterocycles. The quantitative estimate of drug-likeness (QED) is 0.898. The van der Waals surface area contributed by atoms with Crippen molar-refractivity contribution in [3.05, 3.63) is 11.7 Å². The summed E-state index contributed by atoms with van der Waals surface area (Å²) >= 11 is 0. The van der Waals surface area contributed by atoms with Gasteiger partial charge in [-0.15, -0.1) is 0 Å². The van der Waals surface area contributed by atoms with E-state index in [4.69, 9.17) is 0 Å². The minimum Gasteiger partial charge on any atom is -0.359 e. The molecule has 0 saturated carbocycles. The standard InChI is InChI=1S/C11H15F3N4O2/c1-15-8(19)4-7-2-3-18(5-7)6-9-16-10(17-20-9)11(12,13)14/h7H,2-6H2,1H3,(H,15,19)/t7-/m0/s1. The fraction of sp³-hybridized carbons (Fsp3) is 0.727. The van der Waals surface area contributed by atoms with Gasteiger partial charge in [-0.3, -0.25) is 9.69 Å². The van der Waals surface area contributed by atoms with E-state index in [1.807, 2.05) is 4.90 Å². The first-order valence-corrected chi connectivity index (χ1v) is 6.21. The Hall–Kier alpha value is -1.64. The second-order valence-corrected chi connectivity index (χ2v) is 4.78. The molecule has 0 aromatic carbocycles. The minimum atomic E-state index is -4.59. The third-order valence-corrected chi connectivity index (χ3v) is 3.20. The van der Waals surface area contributed by atoms with Crippen LogP contribution in [0.3, 0.4) is 0 Å². The van der Waals surface area contributed by atoms with Crippen molar-refractivity contribution in [1.29, 1.82) is 0 Å². The van der Waals surface area contributed by atoms with Crippen LogP contribution < -0.4 is 5.32 Å². The first-order chi connectivity index (χ1) is 9.38. The maximum Gasteiger partial charge on any atom is 0.455 e. The zero-order valence-corrected chi connectivity index (χ0v) is 10.9. The second kappa shape index (κ2) is 5.78. The third-order valence-electron chi connectivity index (χ3n) is 3.20. The summed E-state index contributed by atoms with van der Waals surface area (Å²) in [5, 5.41) is 5.46. The molecule has 0 aliphatic carbocycles. The number of alkyl halides is 3. The number of carbonyl (C=O) groups excluding carboxylic acids is 1. The Balaban J connectivity index is 1.86. The summed E-state index contributed by atoms with van der Waals surface area (Å²) in [6.45, 7) is 1.51. The normalized spacial score (nSPS) is 20.3. The molecule has 6 nitrogen and oxygen atoms in total. The van der Waals surface area contributed by atoms with Gasteiger partial charge in [0.25, 0.3) is 5.82 Å². The lowest BCUT2D eigenvalue weighted by Gasteiger charge is -2.12. The van der Waals surface area contributed by atoms with Crippen LogP contribution in [0.4, 0.5) is 13.2 Å². The summed E-state index contributed by atoms with van der Waals surface area (Å²) in [4.78, 5) is 16.5. The first-order valence-electron chi connectivity index (χ1n) is 6.21. The third kappa shape index (κ3) is 3.69. The number of likely N-dealkylation sites (tertiary alicyclic amines) is 1. The van der Waals surface area contributed by atoms with Crippen molar-refractivity contribution < 1.29 is 22.5 Å². The molecule has 1 fully saturated rings. The van der Waals surface area contributed by atoms with E-state index < -0.39 is 12.0 Å². The van der Waals surface area contributed by atoms with E-state index >= 15 is 0 Å². The van der Waals surface area contributed by atoms with E-state index in [0.29, 0.717) is 19.5 Å². The van der Waals surface area contributed by atoms with Crippen LogP contribution in [0.25, 0.3) is 0 Å². The van der Waals surface area contributed by atoms with Crippen LogP contribution in [0.1, 0.15) is 24.6 Å². The highest BCUT2D eigenvalue weighted by atomic mass is 19.4. The maximum absolute atomic E-state index is 12.3. The van der Waals surface area contributed by atoms with Gasteiger partial charge in [0.15, 0.2) is 0 Å². The van der Waals surface area contributed by atoms with Crippen LogP contribution in [-0.2, 0) is 17.5 Å². The molecule has 20 heavy (non-hydrogen) atoms. The summed E-state index contributed by atoms with van der Waals surface area (Å²) < 4.78 is 41.5. The highest BCUT2D eigenvalue weighted by molar-refractivity contribution is 5.75. The Kier molecular flexibility index (Phi) is 4.26. The Morgan fingerprint density at radius 3 is 2.90 bits per heavy atom. The zero-order valence-electron chi connectivity index (χ0n) is 10.9. The predicted octanol–water partition coefficient (Wildman–Crippen LogP) is 1.05. The average Bonchev–Trinajstić information content (AvgIpc) is 2.98. The lowest BCUT2D eigenvalue weighted by atomic mass is 10.1. The summed E-state index contributed by atoms with van der Waals surface area (Å²) in [6, 6.07) is 0. The number of aromatic nitrogens is 2. The van der Waals surface area contributed by atoms with Crippen molar-refractivity contribution in [3.63, 3.8) is 0 Å². The highest BCUT2D eigenvalue weighted by Crippen LogP contribution is 2.27. The Morgan fingerprint density at radius 2 is 2.30 bits per heavy atom. The van der Waals surface area contributed by atoms with Crippen molar-refractivity contribution >= 4 is 5.91 Å². The van der Waals surface area contributed by atoms with Gasteiger partial charge >= 0.3 is 6.18 Å². The van der Waals surface area contributed by atoms with E-state index in [9.17, 15) is 18.0 Å². The molecule has 112 valence electrons. The van der Waals surface area contributed by atoms with Crippen LogP contribution in [0.5, 0.6) is 0 Å². The molecule has 0 radical (unpaired) electrons. The number of nitrogens with zero attached hydrogens (tertiary/aromatic N) is 3. The SMILES string of the molecule is CNC(=O)C[C@@H]1CCN(Cc2nc(C(F)(F)F)no2)C1. The van der Waals surface area contributed by atoms with Gasteiger partial charge in [-0.2, -0.15) is 18.2 Å². The maximum atomic E-state index is 12.3. The molecule has 0 bridgehead atoms. The van der Waals surface area contributed by atoms with Gasteiger partial charge in [-0.1, -0.05) is 5.16 Å². The second-order valence-electron chi connectivity index (χ2n) is 4.78. The van der Waals surface area contributed by atoms with Crippen molar-refractivity contribution in [2.24, 2.45) is 5.92 Å². The molecule has 1 N–H and O–H groups in total. The van der Waals surface area contributed by atoms with E-state index in [0.717, 1.165) is 6.42 Å². The van der Waals surface area contributed by atoms with Crippen molar-refractivity contribution in [3.8, 4) is 0 Å². The van der Waals surface area contributed by atoms with Crippen molar-refractivity contribution in [2.45, 2.75) is 25.6 Å². The molecule has 1 aliphatic rings. The molecule has 1 aliphatic heterocycles. The molecule has 0 unspecified atom stereocenters. The van der Waals surface area contributed by atoms with Crippen LogP contribution in [0.15, 0.2) is 4.52 Å². The number of hydrogen-bond acceptors (Lipinski definition) is 5. The molecule has 2 heterocycles. The van der Waals surface area contributed by atoms with Crippen molar-refractivity contribution in [1.82, 2.24) is 20.4 Å². The molecule has 1 amide bonds. The van der Waals surface area contributed by atoms with Crippen molar-refractivity contribution in [2.75, 3.05) is 20.1 Å². The molecule has 9 heteroatoms. The molecule has 1 aromatic rings. The lowest BCUT2D eigenvalue weighted by Crippen LogP contribution is -2.24. The van der Waals surface area contributed by atoms with Gasteiger partial charge in [0.05, 0.1) is 6.54 Å². The number of amides is 1. The number of halogens is 3. The fourth-order valence-corrected chi connectivity index (χ4v) is 2.21. The van der Waals surface area contributed by atoms with Gasteiger partial charge in [0.1, 0.15) is 0 Å². The van der Waals surface area contributed by atoms with Gasteiger partial charge in [-0.25, -0.2) is 0 Å². The predicted molar refractivity (Wildman–Crippen MR) is 61.4 cm³/mol. The Labute approximate surface area is 113 Å². The Bertz CT molecular complexity index is 474. The molecule has 1 aromatic heterocycles. The number of nitrogens with one attached hydrogen (secondary N) is 1. The van der Waals surface area contributed by atoms with Crippen LogP contribution in [-0.4, -0.2) is 41.1 Å². The van der Waals surface area contributed by atoms with Gasteiger partial charge in [-0.05, 0) is 18.9 Å². The number of hydrogen-bond donors (Lipinski definition) is 1. The topological polar surface area (TPSA) is 71.3 Å². The van der Waals surface area contributed by atoms with Crippen LogP contribution in [0.2, 0.25) is 0 Å². The largest absolute Gasteiger partial charge is 0.455 e. The number of carbonyl (C=O) groups is 1. The summed E-state index contributed by atoms with van der Waals surface area (Å²) in [5.74, 6) is -1.14. The summed E-state index contributed by atoms with van der Waals surface area (Å²) in [6.07, 6.45) is -3.34. The monoisotopic (exact) mass is 292 g/mol. The van der Waals surface area contributed by atoms with E-state index in [1.165, 1.54) is 0 Å². The highest BCUT2D eigenvalue weighted by Gasteiger charge is 2.37. The summed E-state index contributed by atoms with van der Waals surface area (Å²) in [5.41, 5.74) is 0. The number of rotatable bonds is 4. The smallest absolute Gasteiger partial charge is 0.359 e. The van der Waals surface area contributed by atoms with Gasteiger partial charge in [0, 0.05) is 20.0 Å². The van der Waals surface area contributed by atoms with Crippen LogP contribution >= 0.6 is 0 Å². The summed E-state index contributed by atoms with van der Waals surface area (Å²) in [7, 11) is 1.58. The van der Waals surface area contributed by atoms with E-state index in [1.54, 1.807) is 7.05 Å². The molecular formula is C11H15F3N4O2. The first kappa shape index (κ1) is 14.8. The zero-order chi connectivity index (χ0) is 14.8. The fourth-order valence-electron chi connectivity index (χ4n) is 2.21. The average molecular weight is 292 g/mol. The Morgan fingerprint density at radius 1 is 1.55 bits per heavy atom.